The van der Waals surface area contributed by atoms with Crippen LogP contribution >= 0.6 is 0 Å². The zero-order chi connectivity index (χ0) is 31.6. The number of nitrogens with one attached hydrogen (secondary N) is 1. The number of piperidine rings is 1. The molecular weight excluding hydrogens is 537 g/mol. The number of carbonyl (C=O) groups is 1. The second kappa shape index (κ2) is 16.7. The lowest BCUT2D eigenvalue weighted by molar-refractivity contribution is 0.0712. The van der Waals surface area contributed by atoms with Crippen LogP contribution in [0.2, 0.25) is 0 Å². The van der Waals surface area contributed by atoms with Crippen molar-refractivity contribution in [1.82, 2.24) is 10.2 Å². The second-order valence-corrected chi connectivity index (χ2v) is 13.5. The summed E-state index contributed by atoms with van der Waals surface area (Å²) in [6, 6.07) is 7.23. The first kappa shape index (κ1) is 35.3. The van der Waals surface area contributed by atoms with Gasteiger partial charge in [0.1, 0.15) is 5.82 Å². The molecule has 1 aliphatic carbocycles. The molecule has 1 aliphatic heterocycles. The van der Waals surface area contributed by atoms with Crippen molar-refractivity contribution in [3.05, 3.63) is 47.3 Å². The fourth-order valence-corrected chi connectivity index (χ4v) is 7.98. The molecule has 5 unspecified atom stereocenters. The maximum absolute atomic E-state index is 15.0. The first-order chi connectivity index (χ1) is 20.6. The van der Waals surface area contributed by atoms with Crippen molar-refractivity contribution in [3.8, 4) is 0 Å². The summed E-state index contributed by atoms with van der Waals surface area (Å²) in [4.78, 5) is 20.4. The lowest BCUT2D eigenvalue weighted by Crippen LogP contribution is -2.53. The van der Waals surface area contributed by atoms with Crippen molar-refractivity contribution in [2.45, 2.75) is 124 Å². The molecule has 1 amide bonds. The Kier molecular flexibility index (Phi) is 13.7. The summed E-state index contributed by atoms with van der Waals surface area (Å²) in [5.74, 6) is 1.70. The topological polar surface area (TPSA) is 53.9 Å². The van der Waals surface area contributed by atoms with Gasteiger partial charge in [-0.25, -0.2) is 9.18 Å². The zero-order valence-electron chi connectivity index (χ0n) is 28.4. The molecule has 6 heteroatoms. The van der Waals surface area contributed by atoms with Crippen LogP contribution < -0.4 is 5.32 Å². The number of aliphatic imine (C=N–C) groups is 1. The van der Waals surface area contributed by atoms with E-state index >= 15 is 0 Å². The van der Waals surface area contributed by atoms with Crippen LogP contribution in [0.15, 0.2) is 40.9 Å². The zero-order valence-corrected chi connectivity index (χ0v) is 28.4. The summed E-state index contributed by atoms with van der Waals surface area (Å²) in [5.41, 5.74) is 3.14. The third-order valence-corrected chi connectivity index (χ3v) is 10.7. The lowest BCUT2D eigenvalue weighted by Gasteiger charge is -2.50. The maximum atomic E-state index is 15.0. The van der Waals surface area contributed by atoms with Crippen molar-refractivity contribution >= 4 is 11.8 Å². The van der Waals surface area contributed by atoms with Crippen molar-refractivity contribution in [2.24, 2.45) is 28.7 Å². The van der Waals surface area contributed by atoms with Gasteiger partial charge in [-0.2, -0.15) is 0 Å². The predicted octanol–water partition coefficient (Wildman–Crippen LogP) is 8.97. The summed E-state index contributed by atoms with van der Waals surface area (Å²) in [6.07, 6.45) is 11.5. The number of hydrogen-bond donors (Lipinski definition) is 1. The van der Waals surface area contributed by atoms with E-state index in [9.17, 15) is 9.18 Å². The van der Waals surface area contributed by atoms with Crippen LogP contribution in [0, 0.1) is 29.5 Å². The highest BCUT2D eigenvalue weighted by Gasteiger charge is 2.51. The van der Waals surface area contributed by atoms with E-state index in [1.807, 2.05) is 6.07 Å². The van der Waals surface area contributed by atoms with Gasteiger partial charge in [0.25, 0.3) is 0 Å². The first-order valence-electron chi connectivity index (χ1n) is 17.2. The van der Waals surface area contributed by atoms with Crippen molar-refractivity contribution < 1.29 is 13.9 Å². The number of benzene rings is 1. The van der Waals surface area contributed by atoms with Crippen LogP contribution in [0.1, 0.15) is 112 Å². The van der Waals surface area contributed by atoms with E-state index in [0.717, 1.165) is 74.7 Å². The molecule has 5 nitrogen and oxygen atoms in total. The third kappa shape index (κ3) is 8.93. The number of likely N-dealkylation sites (tertiary alicyclic amines) is 1. The smallest absolute Gasteiger partial charge is 0.407 e. The Balaban J connectivity index is 2.03. The average molecular weight is 598 g/mol. The number of halogens is 1. The predicted molar refractivity (Wildman–Crippen MR) is 178 cm³/mol. The van der Waals surface area contributed by atoms with E-state index in [0.29, 0.717) is 5.92 Å². The number of nitrogens with zero attached hydrogens (tertiary/aromatic N) is 2. The maximum Gasteiger partial charge on any atom is 0.407 e. The molecule has 1 aromatic carbocycles. The van der Waals surface area contributed by atoms with Crippen molar-refractivity contribution in [2.75, 3.05) is 26.7 Å². The molecule has 1 aromatic rings. The Morgan fingerprint density at radius 1 is 1.16 bits per heavy atom. The van der Waals surface area contributed by atoms with Crippen LogP contribution in [0.25, 0.3) is 0 Å². The minimum Gasteiger partial charge on any atom is -0.453 e. The highest BCUT2D eigenvalue weighted by atomic mass is 19.1. The fraction of sp³-hybridized carbons (Fsp3) is 0.730. The Morgan fingerprint density at radius 3 is 2.47 bits per heavy atom. The standard InChI is InChI=1S/C37H60FN3O2/c1-9-18-37(32-14-13-15-33(38)24-32,31-16-19-41(20-17-31)25-29(12-4)21-26(5)10-2)34-22-30(28(7)39-27(6)11-3)23-35(34)40-36(42)43-8/h13-15,22,24,26,28-29,31,34-35H,9-12,16-21,23,25H2,1-8H3,(H,40,42)/t26?,28?,29?,34?,35?,37-/m0/s1. The van der Waals surface area contributed by atoms with E-state index < -0.39 is 6.09 Å². The molecule has 0 radical (unpaired) electrons. The molecule has 0 spiro atoms. The van der Waals surface area contributed by atoms with E-state index in [1.54, 1.807) is 12.1 Å². The summed E-state index contributed by atoms with van der Waals surface area (Å²) < 4.78 is 20.1. The number of alkyl carbamates (subject to hydrolysis) is 1. The fourth-order valence-electron chi connectivity index (χ4n) is 7.98. The number of methoxy groups -OCH3 is 1. The molecule has 0 aromatic heterocycles. The average Bonchev–Trinajstić information content (AvgIpc) is 3.43. The van der Waals surface area contributed by atoms with Gasteiger partial charge in [-0.05, 0) is 106 Å². The Bertz CT molecular complexity index is 1080. The molecule has 43 heavy (non-hydrogen) atoms. The molecule has 1 fully saturated rings. The largest absolute Gasteiger partial charge is 0.453 e. The van der Waals surface area contributed by atoms with Gasteiger partial charge in [-0.1, -0.05) is 72.1 Å². The molecule has 1 saturated heterocycles. The minimum absolute atomic E-state index is 0.0216. The minimum atomic E-state index is -0.406. The van der Waals surface area contributed by atoms with Gasteiger partial charge in [0, 0.05) is 29.6 Å². The van der Waals surface area contributed by atoms with Gasteiger partial charge in [0.15, 0.2) is 0 Å². The molecule has 2 aliphatic rings. The number of ether oxygens (including phenoxy) is 1. The first-order valence-corrected chi connectivity index (χ1v) is 17.2. The number of rotatable bonds is 15. The van der Waals surface area contributed by atoms with Crippen LogP contribution in [0.3, 0.4) is 0 Å². The van der Waals surface area contributed by atoms with Gasteiger partial charge < -0.3 is 15.0 Å². The van der Waals surface area contributed by atoms with Crippen LogP contribution in [-0.4, -0.2) is 55.5 Å². The summed E-state index contributed by atoms with van der Waals surface area (Å²) in [7, 11) is 1.43. The number of amides is 1. The second-order valence-electron chi connectivity index (χ2n) is 13.5. The summed E-state index contributed by atoms with van der Waals surface area (Å²) in [5, 5.41) is 3.22. The van der Waals surface area contributed by atoms with Gasteiger partial charge >= 0.3 is 6.09 Å². The van der Waals surface area contributed by atoms with Crippen molar-refractivity contribution in [1.29, 1.82) is 0 Å². The van der Waals surface area contributed by atoms with E-state index in [4.69, 9.17) is 9.73 Å². The molecule has 1 heterocycles. The van der Waals surface area contributed by atoms with Crippen LogP contribution in [0.4, 0.5) is 9.18 Å². The van der Waals surface area contributed by atoms with Gasteiger partial charge in [-0.15, -0.1) is 0 Å². The van der Waals surface area contributed by atoms with Crippen LogP contribution in [-0.2, 0) is 10.2 Å². The van der Waals surface area contributed by atoms with Gasteiger partial charge in [0.05, 0.1) is 13.2 Å². The molecule has 0 saturated carbocycles. The Hall–Kier alpha value is -2.21. The summed E-state index contributed by atoms with van der Waals surface area (Å²) in [6.45, 7) is 18.9. The number of carbonyl (C=O) groups excluding carboxylic acids is 1. The Morgan fingerprint density at radius 2 is 1.88 bits per heavy atom. The summed E-state index contributed by atoms with van der Waals surface area (Å²) >= 11 is 0. The highest BCUT2D eigenvalue weighted by molar-refractivity contribution is 5.81. The van der Waals surface area contributed by atoms with E-state index in [1.165, 1.54) is 38.5 Å². The normalized spacial score (nSPS) is 23.7. The Labute approximate surface area is 262 Å². The third-order valence-electron chi connectivity index (χ3n) is 10.7. The lowest BCUT2D eigenvalue weighted by atomic mass is 9.56. The molecular formula is C37H60FN3O2. The SMILES string of the molecule is CCC[C@@](c1cccc(F)c1)(C1CCN(CC(CC)CC(C)CC)CC1)C1C=C(C(C)N=C(C)CC)CC1NC(=O)OC. The molecule has 6 atom stereocenters. The highest BCUT2D eigenvalue weighted by Crippen LogP contribution is 2.53. The quantitative estimate of drug-likeness (QED) is 0.162. The van der Waals surface area contributed by atoms with E-state index in [-0.39, 0.29) is 29.2 Å². The van der Waals surface area contributed by atoms with Crippen LogP contribution in [0.5, 0.6) is 0 Å². The van der Waals surface area contributed by atoms with Gasteiger partial charge in [-0.3, -0.25) is 4.99 Å². The van der Waals surface area contributed by atoms with Gasteiger partial charge in [0.2, 0.25) is 0 Å². The molecule has 3 rings (SSSR count). The molecule has 0 bridgehead atoms. The molecule has 242 valence electrons. The van der Waals surface area contributed by atoms with Crippen molar-refractivity contribution in [3.63, 3.8) is 0 Å². The number of hydrogen-bond acceptors (Lipinski definition) is 4. The van der Waals surface area contributed by atoms with E-state index in [2.05, 4.69) is 70.8 Å². The molecule has 1 N–H and O–H groups in total. The monoisotopic (exact) mass is 597 g/mol.